The Morgan fingerprint density at radius 1 is 1.18 bits per heavy atom. The highest BCUT2D eigenvalue weighted by molar-refractivity contribution is 5.83. The zero-order chi connectivity index (χ0) is 20.1. The fourth-order valence-electron chi connectivity index (χ4n) is 3.85. The Kier molecular flexibility index (Phi) is 6.91. The number of amides is 2. The number of hydrogen-bond donors (Lipinski definition) is 2. The summed E-state index contributed by atoms with van der Waals surface area (Å²) in [6, 6.07) is 6.10. The predicted octanol–water partition coefficient (Wildman–Crippen LogP) is 0.626. The van der Waals surface area contributed by atoms with Crippen LogP contribution in [-0.2, 0) is 22.6 Å². The van der Waals surface area contributed by atoms with Crippen molar-refractivity contribution in [3.05, 3.63) is 29.3 Å². The van der Waals surface area contributed by atoms with Gasteiger partial charge in [-0.25, -0.2) is 0 Å². The van der Waals surface area contributed by atoms with Gasteiger partial charge >= 0.3 is 0 Å². The number of benzene rings is 1. The first kappa shape index (κ1) is 20.6. The Hall–Kier alpha value is -2.12. The molecule has 0 radical (unpaired) electrons. The zero-order valence-corrected chi connectivity index (χ0v) is 17.2. The van der Waals surface area contributed by atoms with Crippen molar-refractivity contribution in [2.75, 3.05) is 46.4 Å². The van der Waals surface area contributed by atoms with Crippen LogP contribution in [0.15, 0.2) is 18.2 Å². The molecule has 2 heterocycles. The quantitative estimate of drug-likeness (QED) is 0.717. The van der Waals surface area contributed by atoms with E-state index in [1.165, 1.54) is 11.1 Å². The summed E-state index contributed by atoms with van der Waals surface area (Å²) in [7, 11) is 1.62. The molecule has 2 aliphatic heterocycles. The van der Waals surface area contributed by atoms with Gasteiger partial charge in [-0.05, 0) is 23.1 Å². The minimum atomic E-state index is -0.348. The van der Waals surface area contributed by atoms with Crippen molar-refractivity contribution in [3.63, 3.8) is 0 Å². The molecule has 1 atom stereocenters. The van der Waals surface area contributed by atoms with Crippen molar-refractivity contribution in [3.8, 4) is 5.75 Å². The van der Waals surface area contributed by atoms with Gasteiger partial charge in [-0.1, -0.05) is 26.0 Å². The Bertz CT molecular complexity index is 699. The van der Waals surface area contributed by atoms with Crippen molar-refractivity contribution in [2.45, 2.75) is 32.9 Å². The molecule has 0 saturated carbocycles. The summed E-state index contributed by atoms with van der Waals surface area (Å²) in [6.07, 6.45) is 0.992. The number of ether oxygens (including phenoxy) is 1. The lowest BCUT2D eigenvalue weighted by Gasteiger charge is -2.35. The highest BCUT2D eigenvalue weighted by Crippen LogP contribution is 2.26. The molecule has 1 fully saturated rings. The summed E-state index contributed by atoms with van der Waals surface area (Å²) in [4.78, 5) is 28.7. The number of carbonyl (C=O) groups excluding carboxylic acids is 2. The molecule has 0 aliphatic carbocycles. The van der Waals surface area contributed by atoms with Gasteiger partial charge in [0.2, 0.25) is 11.8 Å². The molecule has 7 heteroatoms. The first-order valence-electron chi connectivity index (χ1n) is 10.2. The van der Waals surface area contributed by atoms with Gasteiger partial charge in [-0.15, -0.1) is 0 Å². The molecule has 2 aliphatic rings. The van der Waals surface area contributed by atoms with E-state index in [2.05, 4.69) is 33.7 Å². The van der Waals surface area contributed by atoms with E-state index in [0.29, 0.717) is 0 Å². The van der Waals surface area contributed by atoms with Crippen molar-refractivity contribution in [1.82, 2.24) is 20.4 Å². The van der Waals surface area contributed by atoms with Gasteiger partial charge in [0.15, 0.2) is 0 Å². The lowest BCUT2D eigenvalue weighted by atomic mass is 10.0. The number of fused-ring (bicyclic) bond motifs is 1. The first-order valence-corrected chi connectivity index (χ1v) is 10.2. The average molecular weight is 389 g/mol. The Morgan fingerprint density at radius 2 is 1.93 bits per heavy atom. The molecular weight excluding hydrogens is 356 g/mol. The first-order chi connectivity index (χ1) is 13.5. The lowest BCUT2D eigenvalue weighted by Crippen LogP contribution is -2.53. The number of piperazine rings is 1. The number of carbonyl (C=O) groups is 2. The highest BCUT2D eigenvalue weighted by Gasteiger charge is 2.25. The molecular formula is C21H32N4O3. The van der Waals surface area contributed by atoms with E-state index in [9.17, 15) is 9.59 Å². The largest absolute Gasteiger partial charge is 0.493 e. The Balaban J connectivity index is 1.44. The molecule has 3 rings (SSSR count). The molecule has 2 N–H and O–H groups in total. The minimum absolute atomic E-state index is 0.0592. The predicted molar refractivity (Wildman–Crippen MR) is 108 cm³/mol. The van der Waals surface area contributed by atoms with Crippen LogP contribution in [0, 0.1) is 5.92 Å². The van der Waals surface area contributed by atoms with E-state index in [4.69, 9.17) is 4.74 Å². The molecule has 0 spiro atoms. The van der Waals surface area contributed by atoms with Crippen LogP contribution in [0.25, 0.3) is 0 Å². The van der Waals surface area contributed by atoms with Crippen LogP contribution in [0.1, 0.15) is 25.0 Å². The second-order valence-electron chi connectivity index (χ2n) is 7.91. The third-order valence-corrected chi connectivity index (χ3v) is 5.55. The lowest BCUT2D eigenvalue weighted by molar-refractivity contribution is -0.132. The number of hydrogen-bond acceptors (Lipinski definition) is 5. The average Bonchev–Trinajstić information content (AvgIpc) is 3.16. The SMILES string of the molecule is CNC(=O)C(NCC(=O)N1CCN(Cc2ccc3c(c2)CCO3)CC1)C(C)C. The van der Waals surface area contributed by atoms with Crippen LogP contribution >= 0.6 is 0 Å². The van der Waals surface area contributed by atoms with Gasteiger partial charge in [-0.2, -0.15) is 0 Å². The van der Waals surface area contributed by atoms with Gasteiger partial charge in [-0.3, -0.25) is 19.8 Å². The highest BCUT2D eigenvalue weighted by atomic mass is 16.5. The molecule has 1 aromatic rings. The second-order valence-corrected chi connectivity index (χ2v) is 7.91. The van der Waals surface area contributed by atoms with Gasteiger partial charge in [0.1, 0.15) is 5.75 Å². The zero-order valence-electron chi connectivity index (χ0n) is 17.2. The molecule has 1 saturated heterocycles. The molecule has 7 nitrogen and oxygen atoms in total. The standard InChI is InChI=1S/C21H32N4O3/c1-15(2)20(21(27)22-3)23-13-19(26)25-9-7-24(8-10-25)14-16-4-5-18-17(12-16)6-11-28-18/h4-5,12,15,20,23H,6-11,13-14H2,1-3H3,(H,22,27). The molecule has 1 unspecified atom stereocenters. The van der Waals surface area contributed by atoms with Gasteiger partial charge in [0.25, 0.3) is 0 Å². The maximum atomic E-state index is 12.5. The van der Waals surface area contributed by atoms with E-state index in [1.807, 2.05) is 18.7 Å². The van der Waals surface area contributed by atoms with Gasteiger partial charge in [0, 0.05) is 46.2 Å². The number of nitrogens with one attached hydrogen (secondary N) is 2. The van der Waals surface area contributed by atoms with E-state index in [1.54, 1.807) is 7.05 Å². The topological polar surface area (TPSA) is 73.9 Å². The van der Waals surface area contributed by atoms with Crippen molar-refractivity contribution in [2.24, 2.45) is 5.92 Å². The third kappa shape index (κ3) is 5.02. The molecule has 0 bridgehead atoms. The fraction of sp³-hybridized carbons (Fsp3) is 0.619. The van der Waals surface area contributed by atoms with Gasteiger partial charge < -0.3 is 15.0 Å². The van der Waals surface area contributed by atoms with Crippen molar-refractivity contribution < 1.29 is 14.3 Å². The maximum absolute atomic E-state index is 12.5. The molecule has 28 heavy (non-hydrogen) atoms. The fourth-order valence-corrected chi connectivity index (χ4v) is 3.85. The molecule has 0 aromatic heterocycles. The smallest absolute Gasteiger partial charge is 0.237 e. The third-order valence-electron chi connectivity index (χ3n) is 5.55. The Labute approximate surface area is 167 Å². The monoisotopic (exact) mass is 388 g/mol. The van der Waals surface area contributed by atoms with Crippen LogP contribution in [0.4, 0.5) is 0 Å². The molecule has 2 amide bonds. The summed E-state index contributed by atoms with van der Waals surface area (Å²) < 4.78 is 5.57. The van der Waals surface area contributed by atoms with Gasteiger partial charge in [0.05, 0.1) is 19.2 Å². The normalized spacial score (nSPS) is 17.9. The van der Waals surface area contributed by atoms with Crippen LogP contribution in [0.5, 0.6) is 5.75 Å². The van der Waals surface area contributed by atoms with Crippen LogP contribution in [0.3, 0.4) is 0 Å². The summed E-state index contributed by atoms with van der Waals surface area (Å²) in [5.41, 5.74) is 2.60. The summed E-state index contributed by atoms with van der Waals surface area (Å²) in [6.45, 7) is 9.00. The summed E-state index contributed by atoms with van der Waals surface area (Å²) in [5, 5.41) is 5.77. The van der Waals surface area contributed by atoms with E-state index < -0.39 is 0 Å². The van der Waals surface area contributed by atoms with Crippen LogP contribution < -0.4 is 15.4 Å². The summed E-state index contributed by atoms with van der Waals surface area (Å²) in [5.74, 6) is 1.13. The molecule has 1 aromatic carbocycles. The minimum Gasteiger partial charge on any atom is -0.493 e. The summed E-state index contributed by atoms with van der Waals surface area (Å²) >= 11 is 0. The number of likely N-dealkylation sites (N-methyl/N-ethyl adjacent to an activating group) is 1. The van der Waals surface area contributed by atoms with Crippen LogP contribution in [-0.4, -0.2) is 74.0 Å². The molecule has 154 valence electrons. The van der Waals surface area contributed by atoms with Crippen LogP contribution in [0.2, 0.25) is 0 Å². The van der Waals surface area contributed by atoms with E-state index >= 15 is 0 Å². The van der Waals surface area contributed by atoms with Crippen molar-refractivity contribution >= 4 is 11.8 Å². The second kappa shape index (κ2) is 9.39. The maximum Gasteiger partial charge on any atom is 0.237 e. The Morgan fingerprint density at radius 3 is 2.61 bits per heavy atom. The number of rotatable bonds is 7. The number of nitrogens with zero attached hydrogens (tertiary/aromatic N) is 2. The van der Waals surface area contributed by atoms with E-state index in [-0.39, 0.29) is 30.3 Å². The van der Waals surface area contributed by atoms with Crippen molar-refractivity contribution in [1.29, 1.82) is 0 Å². The van der Waals surface area contributed by atoms with E-state index in [0.717, 1.165) is 51.5 Å².